The van der Waals surface area contributed by atoms with E-state index in [4.69, 9.17) is 4.74 Å². The molecule has 0 unspecified atom stereocenters. The number of rotatable bonds is 9. The molecule has 2 N–H and O–H groups in total. The van der Waals surface area contributed by atoms with Crippen LogP contribution in [0.4, 0.5) is 0 Å². The number of aliphatic imine (C=N–C) groups is 1. The SMILES string of the molecule is CN=C(NCCCOC1CCCCC1)NCc1ccc(Cn2ccccc2=O)cc1.I. The highest BCUT2D eigenvalue weighted by molar-refractivity contribution is 14.0. The van der Waals surface area contributed by atoms with Gasteiger partial charge in [0.05, 0.1) is 12.6 Å². The Morgan fingerprint density at radius 3 is 2.52 bits per heavy atom. The van der Waals surface area contributed by atoms with E-state index in [1.165, 1.54) is 37.7 Å². The van der Waals surface area contributed by atoms with E-state index in [1.54, 1.807) is 23.7 Å². The van der Waals surface area contributed by atoms with Crippen molar-refractivity contribution in [1.82, 2.24) is 15.2 Å². The molecule has 0 bridgehead atoms. The van der Waals surface area contributed by atoms with Crippen LogP contribution in [-0.2, 0) is 17.8 Å². The Balaban J connectivity index is 0.00000341. The second kappa shape index (κ2) is 14.2. The fourth-order valence-corrected chi connectivity index (χ4v) is 3.72. The summed E-state index contributed by atoms with van der Waals surface area (Å²) in [6, 6.07) is 13.5. The van der Waals surface area contributed by atoms with Crippen LogP contribution in [-0.4, -0.2) is 36.8 Å². The fourth-order valence-electron chi connectivity index (χ4n) is 3.72. The lowest BCUT2D eigenvalue weighted by molar-refractivity contribution is 0.0277. The summed E-state index contributed by atoms with van der Waals surface area (Å²) in [7, 11) is 1.79. The van der Waals surface area contributed by atoms with E-state index in [9.17, 15) is 4.79 Å². The summed E-state index contributed by atoms with van der Waals surface area (Å²) >= 11 is 0. The van der Waals surface area contributed by atoms with Gasteiger partial charge in [0, 0.05) is 39.0 Å². The zero-order chi connectivity index (χ0) is 21.0. The van der Waals surface area contributed by atoms with Gasteiger partial charge in [-0.15, -0.1) is 24.0 Å². The van der Waals surface area contributed by atoms with Crippen molar-refractivity contribution in [3.63, 3.8) is 0 Å². The van der Waals surface area contributed by atoms with E-state index in [0.29, 0.717) is 19.2 Å². The Morgan fingerprint density at radius 2 is 1.81 bits per heavy atom. The van der Waals surface area contributed by atoms with Gasteiger partial charge in [-0.2, -0.15) is 0 Å². The minimum atomic E-state index is 0. The molecule has 170 valence electrons. The maximum Gasteiger partial charge on any atom is 0.250 e. The molecule has 1 aliphatic rings. The van der Waals surface area contributed by atoms with Crippen molar-refractivity contribution >= 4 is 29.9 Å². The summed E-state index contributed by atoms with van der Waals surface area (Å²) in [5.41, 5.74) is 2.29. The van der Waals surface area contributed by atoms with Crippen LogP contribution in [0.3, 0.4) is 0 Å². The van der Waals surface area contributed by atoms with Crippen LogP contribution in [0.5, 0.6) is 0 Å². The molecule has 1 aliphatic carbocycles. The molecule has 6 nitrogen and oxygen atoms in total. The van der Waals surface area contributed by atoms with E-state index in [2.05, 4.69) is 39.9 Å². The largest absolute Gasteiger partial charge is 0.378 e. The van der Waals surface area contributed by atoms with E-state index >= 15 is 0 Å². The molecule has 7 heteroatoms. The third-order valence-electron chi connectivity index (χ3n) is 5.48. The average Bonchev–Trinajstić information content (AvgIpc) is 2.79. The second-order valence-electron chi connectivity index (χ2n) is 7.82. The summed E-state index contributed by atoms with van der Waals surface area (Å²) in [5.74, 6) is 0.799. The predicted octanol–water partition coefficient (Wildman–Crippen LogP) is 3.92. The minimum absolute atomic E-state index is 0. The monoisotopic (exact) mass is 538 g/mol. The number of ether oxygens (including phenoxy) is 1. The summed E-state index contributed by atoms with van der Waals surface area (Å²) in [5, 5.41) is 6.70. The first-order valence-corrected chi connectivity index (χ1v) is 11.0. The van der Waals surface area contributed by atoms with Crippen LogP contribution in [0.2, 0.25) is 0 Å². The van der Waals surface area contributed by atoms with E-state index in [1.807, 2.05) is 12.3 Å². The van der Waals surface area contributed by atoms with Crippen molar-refractivity contribution in [2.24, 2.45) is 4.99 Å². The van der Waals surface area contributed by atoms with Crippen molar-refractivity contribution in [3.05, 3.63) is 70.1 Å². The molecule has 31 heavy (non-hydrogen) atoms. The van der Waals surface area contributed by atoms with Crippen LogP contribution in [0.1, 0.15) is 49.7 Å². The molecule has 0 aliphatic heterocycles. The molecule has 1 fully saturated rings. The Bertz CT molecular complexity index is 845. The van der Waals surface area contributed by atoms with Crippen LogP contribution in [0, 0.1) is 0 Å². The molecule has 0 saturated heterocycles. The molecule has 2 aromatic rings. The number of nitrogens with one attached hydrogen (secondary N) is 2. The van der Waals surface area contributed by atoms with Gasteiger partial charge in [-0.1, -0.05) is 49.6 Å². The normalized spacial score (nSPS) is 14.7. The minimum Gasteiger partial charge on any atom is -0.378 e. The number of halogens is 1. The summed E-state index contributed by atoms with van der Waals surface area (Å²) in [4.78, 5) is 16.1. The van der Waals surface area contributed by atoms with Gasteiger partial charge in [-0.25, -0.2) is 0 Å². The Labute approximate surface area is 202 Å². The van der Waals surface area contributed by atoms with Gasteiger partial charge in [0.25, 0.3) is 5.56 Å². The maximum atomic E-state index is 11.8. The lowest BCUT2D eigenvalue weighted by Gasteiger charge is -2.22. The molecule has 0 amide bonds. The summed E-state index contributed by atoms with van der Waals surface area (Å²) < 4.78 is 7.67. The quantitative estimate of drug-likeness (QED) is 0.220. The van der Waals surface area contributed by atoms with E-state index in [-0.39, 0.29) is 29.5 Å². The van der Waals surface area contributed by atoms with Crippen LogP contribution in [0.15, 0.2) is 58.4 Å². The fraction of sp³-hybridized carbons (Fsp3) is 0.500. The summed E-state index contributed by atoms with van der Waals surface area (Å²) in [6.07, 6.45) is 9.68. The molecule has 0 spiro atoms. The topological polar surface area (TPSA) is 67.7 Å². The van der Waals surface area contributed by atoms with Crippen LogP contribution in [0.25, 0.3) is 0 Å². The number of benzene rings is 1. The van der Waals surface area contributed by atoms with Crippen molar-refractivity contribution in [2.45, 2.75) is 57.7 Å². The number of hydrogen-bond acceptors (Lipinski definition) is 3. The lowest BCUT2D eigenvalue weighted by atomic mass is 9.98. The zero-order valence-corrected chi connectivity index (χ0v) is 20.7. The predicted molar refractivity (Wildman–Crippen MR) is 137 cm³/mol. The number of nitrogens with zero attached hydrogens (tertiary/aromatic N) is 2. The second-order valence-corrected chi connectivity index (χ2v) is 7.82. The smallest absolute Gasteiger partial charge is 0.250 e. The van der Waals surface area contributed by atoms with Crippen molar-refractivity contribution < 1.29 is 4.74 Å². The first kappa shape index (κ1) is 25.4. The van der Waals surface area contributed by atoms with E-state index in [0.717, 1.165) is 31.1 Å². The highest BCUT2D eigenvalue weighted by Crippen LogP contribution is 2.20. The van der Waals surface area contributed by atoms with Gasteiger partial charge < -0.3 is 19.9 Å². The molecular weight excluding hydrogens is 503 g/mol. The maximum absolute atomic E-state index is 11.8. The zero-order valence-electron chi connectivity index (χ0n) is 18.4. The third-order valence-corrected chi connectivity index (χ3v) is 5.48. The van der Waals surface area contributed by atoms with Gasteiger partial charge in [0.2, 0.25) is 0 Å². The van der Waals surface area contributed by atoms with Crippen LogP contribution >= 0.6 is 24.0 Å². The van der Waals surface area contributed by atoms with Crippen molar-refractivity contribution in [2.75, 3.05) is 20.2 Å². The molecule has 1 heterocycles. The number of guanidine groups is 1. The highest BCUT2D eigenvalue weighted by atomic mass is 127. The molecule has 0 radical (unpaired) electrons. The molecule has 0 atom stereocenters. The van der Waals surface area contributed by atoms with Crippen molar-refractivity contribution in [1.29, 1.82) is 0 Å². The Kier molecular flexibility index (Phi) is 11.7. The first-order chi connectivity index (χ1) is 14.7. The van der Waals surface area contributed by atoms with Gasteiger partial charge in [0.15, 0.2) is 5.96 Å². The molecule has 1 saturated carbocycles. The molecular formula is C24H35IN4O2. The first-order valence-electron chi connectivity index (χ1n) is 11.0. The molecule has 1 aromatic carbocycles. The van der Waals surface area contributed by atoms with Gasteiger partial charge in [-0.3, -0.25) is 9.79 Å². The standard InChI is InChI=1S/C24H34N4O2.HI/c1-25-24(26-15-7-17-30-22-8-3-2-4-9-22)27-18-20-11-13-21(14-12-20)19-28-16-6-5-10-23(28)29;/h5-6,10-14,16,22H,2-4,7-9,15,17-19H2,1H3,(H2,25,26,27);1H. The van der Waals surface area contributed by atoms with Crippen molar-refractivity contribution in [3.8, 4) is 0 Å². The number of pyridine rings is 1. The number of hydrogen-bond donors (Lipinski definition) is 2. The van der Waals surface area contributed by atoms with Gasteiger partial charge >= 0.3 is 0 Å². The van der Waals surface area contributed by atoms with E-state index < -0.39 is 0 Å². The average molecular weight is 538 g/mol. The molecule has 3 rings (SSSR count). The highest BCUT2D eigenvalue weighted by Gasteiger charge is 2.12. The Morgan fingerprint density at radius 1 is 1.06 bits per heavy atom. The van der Waals surface area contributed by atoms with Gasteiger partial charge in [0.1, 0.15) is 0 Å². The number of aromatic nitrogens is 1. The summed E-state index contributed by atoms with van der Waals surface area (Å²) in [6.45, 7) is 2.93. The van der Waals surface area contributed by atoms with Crippen LogP contribution < -0.4 is 16.2 Å². The third kappa shape index (κ3) is 9.03. The Hall–Kier alpha value is -1.87. The van der Waals surface area contributed by atoms with Gasteiger partial charge in [-0.05, 0) is 36.5 Å². The lowest BCUT2D eigenvalue weighted by Crippen LogP contribution is -2.37. The molecule has 1 aromatic heterocycles.